The lowest BCUT2D eigenvalue weighted by molar-refractivity contribution is -0.127. The van der Waals surface area contributed by atoms with Gasteiger partial charge in [0.25, 0.3) is 5.91 Å². The number of nitrogens with zero attached hydrogens (tertiary/aromatic N) is 3. The number of unbranched alkanes of at least 4 members (excludes halogenated alkanes) is 2. The smallest absolute Gasteiger partial charge is 0.277 e. The third kappa shape index (κ3) is 4.91. The molecule has 1 aromatic carbocycles. The Labute approximate surface area is 211 Å². The number of carbonyl (C=O) groups is 2. The lowest BCUT2D eigenvalue weighted by Crippen LogP contribution is -2.65. The average molecular weight is 501 g/mol. The first-order valence-corrected chi connectivity index (χ1v) is 13.5. The molecule has 3 unspecified atom stereocenters. The van der Waals surface area contributed by atoms with Crippen LogP contribution < -0.4 is 10.2 Å². The van der Waals surface area contributed by atoms with Gasteiger partial charge in [-0.05, 0) is 55.9 Å². The van der Waals surface area contributed by atoms with Crippen molar-refractivity contribution in [2.45, 2.75) is 82.7 Å². The number of carbonyl (C=O) groups excluding carboxylic acids is 2. The molecule has 8 heteroatoms. The van der Waals surface area contributed by atoms with Crippen molar-refractivity contribution >= 4 is 40.9 Å². The summed E-state index contributed by atoms with van der Waals surface area (Å²) in [5, 5.41) is 10.8. The summed E-state index contributed by atoms with van der Waals surface area (Å²) < 4.78 is 1.72. The molecule has 0 spiro atoms. The van der Waals surface area contributed by atoms with Crippen LogP contribution in [-0.2, 0) is 11.3 Å². The molecule has 1 aromatic heterocycles. The van der Waals surface area contributed by atoms with E-state index in [4.69, 9.17) is 16.7 Å². The Morgan fingerprint density at radius 2 is 2.15 bits per heavy atom. The quantitative estimate of drug-likeness (QED) is 0.421. The van der Waals surface area contributed by atoms with E-state index in [0.717, 1.165) is 44.2 Å². The first-order chi connectivity index (χ1) is 16.4. The summed E-state index contributed by atoms with van der Waals surface area (Å²) in [7, 11) is 0. The van der Waals surface area contributed by atoms with Crippen LogP contribution in [0.3, 0.4) is 0 Å². The lowest BCUT2D eigenvalue weighted by Gasteiger charge is -2.43. The van der Waals surface area contributed by atoms with Gasteiger partial charge in [-0.15, -0.1) is 11.8 Å². The minimum absolute atomic E-state index is 0.0720. The molecule has 0 saturated heterocycles. The monoisotopic (exact) mass is 500 g/mol. The third-order valence-corrected chi connectivity index (χ3v) is 8.08. The molecule has 0 bridgehead atoms. The topological polar surface area (TPSA) is 67.2 Å². The van der Waals surface area contributed by atoms with Crippen LogP contribution in [0, 0.1) is 0 Å². The van der Waals surface area contributed by atoms with Crippen molar-refractivity contribution in [3.63, 3.8) is 0 Å². The molecular weight excluding hydrogens is 468 g/mol. The zero-order valence-electron chi connectivity index (χ0n) is 20.1. The summed E-state index contributed by atoms with van der Waals surface area (Å²) >= 11 is 8.00. The first-order valence-electron chi connectivity index (χ1n) is 12.2. The number of thioether (sulfide) groups is 1. The Balaban J connectivity index is 1.69. The van der Waals surface area contributed by atoms with Crippen LogP contribution in [0.4, 0.5) is 5.69 Å². The number of anilines is 1. The van der Waals surface area contributed by atoms with E-state index in [-0.39, 0.29) is 29.7 Å². The number of aromatic nitrogens is 2. The third-order valence-electron chi connectivity index (χ3n) is 6.73. The van der Waals surface area contributed by atoms with Crippen LogP contribution in [-0.4, -0.2) is 33.2 Å². The molecule has 2 amide bonds. The van der Waals surface area contributed by atoms with Gasteiger partial charge in [-0.2, -0.15) is 5.10 Å². The van der Waals surface area contributed by atoms with Crippen molar-refractivity contribution in [3.05, 3.63) is 58.2 Å². The van der Waals surface area contributed by atoms with Gasteiger partial charge in [0, 0.05) is 16.8 Å². The van der Waals surface area contributed by atoms with Gasteiger partial charge in [0.2, 0.25) is 5.91 Å². The fraction of sp³-hybridized carbons (Fsp3) is 0.500. The van der Waals surface area contributed by atoms with E-state index in [1.54, 1.807) is 39.5 Å². The molecule has 2 aromatic rings. The highest BCUT2D eigenvalue weighted by Crippen LogP contribution is 2.40. The molecule has 3 heterocycles. The molecule has 2 aliphatic heterocycles. The SMILES string of the molecule is CCCCCC(CC)NC(=O)C1(C)Cn2nc(C3CC=CS3)cc2C(=O)N1c1cccc(Cl)c1. The molecule has 182 valence electrons. The highest BCUT2D eigenvalue weighted by Gasteiger charge is 2.49. The number of rotatable bonds is 9. The van der Waals surface area contributed by atoms with Gasteiger partial charge >= 0.3 is 0 Å². The molecule has 3 atom stereocenters. The van der Waals surface area contributed by atoms with E-state index in [1.165, 1.54) is 0 Å². The van der Waals surface area contributed by atoms with Crippen molar-refractivity contribution in [2.75, 3.05) is 4.90 Å². The summed E-state index contributed by atoms with van der Waals surface area (Å²) in [6.07, 6.45) is 8.14. The zero-order valence-corrected chi connectivity index (χ0v) is 21.7. The van der Waals surface area contributed by atoms with Gasteiger partial charge in [-0.1, -0.05) is 56.9 Å². The van der Waals surface area contributed by atoms with Crippen LogP contribution in [0.15, 0.2) is 41.8 Å². The second kappa shape index (κ2) is 10.6. The maximum absolute atomic E-state index is 13.9. The largest absolute Gasteiger partial charge is 0.351 e. The van der Waals surface area contributed by atoms with Gasteiger partial charge in [0.15, 0.2) is 0 Å². The number of benzene rings is 1. The summed E-state index contributed by atoms with van der Waals surface area (Å²) in [4.78, 5) is 29.3. The van der Waals surface area contributed by atoms with Crippen molar-refractivity contribution in [3.8, 4) is 0 Å². The highest BCUT2D eigenvalue weighted by atomic mass is 35.5. The van der Waals surface area contributed by atoms with E-state index in [1.807, 2.05) is 19.1 Å². The van der Waals surface area contributed by atoms with Gasteiger partial charge in [-0.3, -0.25) is 19.2 Å². The van der Waals surface area contributed by atoms with Crippen LogP contribution >= 0.6 is 23.4 Å². The highest BCUT2D eigenvalue weighted by molar-refractivity contribution is 8.02. The van der Waals surface area contributed by atoms with Crippen molar-refractivity contribution in [1.29, 1.82) is 0 Å². The number of nitrogens with one attached hydrogen (secondary N) is 1. The second-order valence-corrected chi connectivity index (χ2v) is 10.9. The molecule has 6 nitrogen and oxygen atoms in total. The van der Waals surface area contributed by atoms with Crippen molar-refractivity contribution < 1.29 is 9.59 Å². The Kier molecular flexibility index (Phi) is 7.73. The molecular formula is C26H33ClN4O2S. The number of allylic oxidation sites excluding steroid dienone is 1. The van der Waals surface area contributed by atoms with Gasteiger partial charge in [0.1, 0.15) is 11.2 Å². The maximum atomic E-state index is 13.9. The van der Waals surface area contributed by atoms with Crippen molar-refractivity contribution in [2.24, 2.45) is 0 Å². The number of halogens is 1. The van der Waals surface area contributed by atoms with Crippen molar-refractivity contribution in [1.82, 2.24) is 15.1 Å². The second-order valence-electron chi connectivity index (χ2n) is 9.31. The van der Waals surface area contributed by atoms with Gasteiger partial charge in [0.05, 0.1) is 17.5 Å². The summed E-state index contributed by atoms with van der Waals surface area (Å²) in [6, 6.07) is 9.10. The molecule has 0 fully saturated rings. The Morgan fingerprint density at radius 3 is 2.82 bits per heavy atom. The summed E-state index contributed by atoms with van der Waals surface area (Å²) in [5.74, 6) is -0.399. The predicted molar refractivity (Wildman–Crippen MR) is 139 cm³/mol. The Morgan fingerprint density at radius 1 is 1.32 bits per heavy atom. The summed E-state index contributed by atoms with van der Waals surface area (Å²) in [6.45, 7) is 6.37. The number of amides is 2. The van der Waals surface area contributed by atoms with Crippen LogP contribution in [0.5, 0.6) is 0 Å². The minimum atomic E-state index is -1.14. The van der Waals surface area contributed by atoms with E-state index < -0.39 is 5.54 Å². The van der Waals surface area contributed by atoms with Crippen LogP contribution in [0.1, 0.15) is 80.7 Å². The van der Waals surface area contributed by atoms with Gasteiger partial charge < -0.3 is 5.32 Å². The molecule has 1 N–H and O–H groups in total. The number of fused-ring (bicyclic) bond motifs is 1. The summed E-state index contributed by atoms with van der Waals surface area (Å²) in [5.41, 5.74) is 0.847. The molecule has 0 radical (unpaired) electrons. The minimum Gasteiger partial charge on any atom is -0.351 e. The predicted octanol–water partition coefficient (Wildman–Crippen LogP) is 6.12. The molecule has 2 aliphatic rings. The molecule has 34 heavy (non-hydrogen) atoms. The molecule has 0 aliphatic carbocycles. The van der Waals surface area contributed by atoms with Crippen LogP contribution in [0.2, 0.25) is 5.02 Å². The first kappa shape index (κ1) is 24.9. The van der Waals surface area contributed by atoms with E-state index in [2.05, 4.69) is 30.6 Å². The average Bonchev–Trinajstić information content (AvgIpc) is 3.48. The zero-order chi connectivity index (χ0) is 24.3. The fourth-order valence-electron chi connectivity index (χ4n) is 4.71. The standard InChI is InChI=1S/C26H33ClN4O2S/c1-4-6-7-11-19(5-2)28-25(33)26(3)17-30-22(16-21(29-30)23-13-9-14-34-23)24(32)31(26)20-12-8-10-18(27)15-20/h8-10,12,14-16,19,23H,4-7,11,13,17H2,1-3H3,(H,28,33). The molecule has 4 rings (SSSR count). The normalized spacial score (nSPS) is 22.6. The Bertz CT molecular complexity index is 1080. The molecule has 0 saturated carbocycles. The Hall–Kier alpha value is -2.25. The van der Waals surface area contributed by atoms with E-state index in [0.29, 0.717) is 16.4 Å². The van der Waals surface area contributed by atoms with E-state index >= 15 is 0 Å². The number of hydrogen-bond acceptors (Lipinski definition) is 4. The van der Waals surface area contributed by atoms with E-state index in [9.17, 15) is 9.59 Å². The van der Waals surface area contributed by atoms with Crippen LogP contribution in [0.25, 0.3) is 0 Å². The fourth-order valence-corrected chi connectivity index (χ4v) is 5.79. The number of hydrogen-bond donors (Lipinski definition) is 1. The lowest BCUT2D eigenvalue weighted by atomic mass is 9.93. The van der Waals surface area contributed by atoms with Gasteiger partial charge in [-0.25, -0.2) is 0 Å². The maximum Gasteiger partial charge on any atom is 0.277 e.